The van der Waals surface area contributed by atoms with Crippen LogP contribution >= 0.6 is 0 Å². The zero-order valence-corrected chi connectivity index (χ0v) is 16.9. The topological polar surface area (TPSA) is 47.7 Å². The standard InChI is InChI=1S/C24H30N2O2/c1-27-23-11-18-8-9-26-14-20(17-5-3-4-16(10-17)15-6-7-15)21(25)13-22(26)19(18)12-24(23)28-2/h3-5,10-12,15,20-22H,6-9,13-14,25H2,1-2H3/t20-,21-,22+/m1/s1. The first-order valence-electron chi connectivity index (χ1n) is 10.5. The maximum Gasteiger partial charge on any atom is 0.161 e. The Hall–Kier alpha value is -2.04. The molecule has 0 spiro atoms. The summed E-state index contributed by atoms with van der Waals surface area (Å²) >= 11 is 0. The van der Waals surface area contributed by atoms with Gasteiger partial charge in [-0.1, -0.05) is 24.3 Å². The van der Waals surface area contributed by atoms with E-state index in [0.29, 0.717) is 12.0 Å². The molecule has 4 heteroatoms. The molecule has 2 heterocycles. The Kier molecular flexibility index (Phi) is 4.56. The van der Waals surface area contributed by atoms with Gasteiger partial charge in [0.05, 0.1) is 14.2 Å². The monoisotopic (exact) mass is 378 g/mol. The highest BCUT2D eigenvalue weighted by Crippen LogP contribution is 2.45. The van der Waals surface area contributed by atoms with E-state index in [1.54, 1.807) is 14.2 Å². The van der Waals surface area contributed by atoms with E-state index in [2.05, 4.69) is 41.3 Å². The Balaban J connectivity index is 1.43. The predicted octanol–water partition coefficient (Wildman–Crippen LogP) is 4.00. The first kappa shape index (κ1) is 18.0. The maximum atomic E-state index is 6.76. The summed E-state index contributed by atoms with van der Waals surface area (Å²) in [6.07, 6.45) is 4.73. The van der Waals surface area contributed by atoms with Gasteiger partial charge in [0.15, 0.2) is 11.5 Å². The highest BCUT2D eigenvalue weighted by atomic mass is 16.5. The Labute approximate surface area is 167 Å². The van der Waals surface area contributed by atoms with Gasteiger partial charge >= 0.3 is 0 Å². The molecule has 0 unspecified atom stereocenters. The number of ether oxygens (including phenoxy) is 2. The lowest BCUT2D eigenvalue weighted by Gasteiger charge is -2.46. The fraction of sp³-hybridized carbons (Fsp3) is 0.500. The van der Waals surface area contributed by atoms with Crippen LogP contribution < -0.4 is 15.2 Å². The van der Waals surface area contributed by atoms with Crippen LogP contribution in [0.2, 0.25) is 0 Å². The molecule has 28 heavy (non-hydrogen) atoms. The van der Waals surface area contributed by atoms with Crippen LogP contribution in [0.25, 0.3) is 0 Å². The number of hydrogen-bond donors (Lipinski definition) is 1. The van der Waals surface area contributed by atoms with Crippen LogP contribution in [0.3, 0.4) is 0 Å². The maximum absolute atomic E-state index is 6.76. The lowest BCUT2D eigenvalue weighted by Crippen LogP contribution is -2.49. The Morgan fingerprint density at radius 2 is 1.75 bits per heavy atom. The van der Waals surface area contributed by atoms with Crippen LogP contribution in [0.4, 0.5) is 0 Å². The minimum absolute atomic E-state index is 0.176. The molecule has 0 aromatic heterocycles. The summed E-state index contributed by atoms with van der Waals surface area (Å²) in [5.74, 6) is 2.84. The van der Waals surface area contributed by atoms with Crippen LogP contribution in [-0.2, 0) is 6.42 Å². The van der Waals surface area contributed by atoms with Crippen molar-refractivity contribution in [2.24, 2.45) is 5.73 Å². The van der Waals surface area contributed by atoms with E-state index < -0.39 is 0 Å². The highest BCUT2D eigenvalue weighted by Gasteiger charge is 2.39. The minimum atomic E-state index is 0.176. The molecule has 0 amide bonds. The van der Waals surface area contributed by atoms with Crippen LogP contribution in [0.15, 0.2) is 36.4 Å². The third-order valence-corrected chi connectivity index (χ3v) is 6.94. The molecular formula is C24H30N2O2. The van der Waals surface area contributed by atoms with Crippen molar-refractivity contribution in [2.45, 2.75) is 49.6 Å². The summed E-state index contributed by atoms with van der Waals surface area (Å²) in [5.41, 5.74) is 12.4. The van der Waals surface area contributed by atoms with Crippen LogP contribution in [-0.4, -0.2) is 38.3 Å². The molecule has 3 aliphatic rings. The molecule has 3 atom stereocenters. The van der Waals surface area contributed by atoms with Crippen molar-refractivity contribution in [1.29, 1.82) is 0 Å². The van der Waals surface area contributed by atoms with E-state index in [0.717, 1.165) is 43.3 Å². The van der Waals surface area contributed by atoms with Crippen molar-refractivity contribution in [2.75, 3.05) is 27.3 Å². The van der Waals surface area contributed by atoms with Crippen LogP contribution in [0.1, 0.15) is 59.4 Å². The van der Waals surface area contributed by atoms with Crippen molar-refractivity contribution in [3.05, 3.63) is 58.7 Å². The van der Waals surface area contributed by atoms with Gasteiger partial charge in [-0.25, -0.2) is 0 Å². The smallest absolute Gasteiger partial charge is 0.161 e. The van der Waals surface area contributed by atoms with Crippen molar-refractivity contribution < 1.29 is 9.47 Å². The summed E-state index contributed by atoms with van der Waals surface area (Å²) in [6.45, 7) is 2.12. The van der Waals surface area contributed by atoms with E-state index in [1.807, 2.05) is 0 Å². The normalized spacial score (nSPS) is 27.0. The number of rotatable bonds is 4. The fourth-order valence-electron chi connectivity index (χ4n) is 5.20. The first-order chi connectivity index (χ1) is 13.7. The molecular weight excluding hydrogens is 348 g/mol. The number of fused-ring (bicyclic) bond motifs is 3. The van der Waals surface area contributed by atoms with Gasteiger partial charge in [-0.2, -0.15) is 0 Å². The van der Waals surface area contributed by atoms with Crippen LogP contribution in [0.5, 0.6) is 11.5 Å². The van der Waals surface area contributed by atoms with Crippen molar-refractivity contribution in [3.8, 4) is 11.5 Å². The Bertz CT molecular complexity index is 877. The predicted molar refractivity (Wildman–Crippen MR) is 111 cm³/mol. The third kappa shape index (κ3) is 3.09. The number of benzene rings is 2. The van der Waals surface area contributed by atoms with Gasteiger partial charge in [-0.15, -0.1) is 0 Å². The number of hydrogen-bond acceptors (Lipinski definition) is 4. The van der Waals surface area contributed by atoms with E-state index in [4.69, 9.17) is 15.2 Å². The van der Waals surface area contributed by atoms with Crippen LogP contribution in [0, 0.1) is 0 Å². The second kappa shape index (κ2) is 7.09. The molecule has 1 aliphatic carbocycles. The lowest BCUT2D eigenvalue weighted by atomic mass is 9.78. The average Bonchev–Trinajstić information content (AvgIpc) is 3.57. The number of nitrogens with two attached hydrogens (primary N) is 1. The molecule has 4 nitrogen and oxygen atoms in total. The summed E-state index contributed by atoms with van der Waals surface area (Å²) < 4.78 is 11.1. The summed E-state index contributed by atoms with van der Waals surface area (Å²) in [4.78, 5) is 2.63. The zero-order chi connectivity index (χ0) is 19.3. The quantitative estimate of drug-likeness (QED) is 0.874. The van der Waals surface area contributed by atoms with Crippen molar-refractivity contribution in [1.82, 2.24) is 4.90 Å². The minimum Gasteiger partial charge on any atom is -0.493 e. The molecule has 148 valence electrons. The molecule has 2 aliphatic heterocycles. The van der Waals surface area contributed by atoms with E-state index in [9.17, 15) is 0 Å². The van der Waals surface area contributed by atoms with Gasteiger partial charge in [-0.3, -0.25) is 4.90 Å². The lowest BCUT2D eigenvalue weighted by molar-refractivity contribution is 0.109. The first-order valence-corrected chi connectivity index (χ1v) is 10.5. The van der Waals surface area contributed by atoms with E-state index in [1.165, 1.54) is 35.1 Å². The fourth-order valence-corrected chi connectivity index (χ4v) is 5.20. The summed E-state index contributed by atoms with van der Waals surface area (Å²) in [6, 6.07) is 14.1. The molecule has 2 aromatic carbocycles. The highest BCUT2D eigenvalue weighted by molar-refractivity contribution is 5.50. The largest absolute Gasteiger partial charge is 0.493 e. The summed E-state index contributed by atoms with van der Waals surface area (Å²) in [7, 11) is 3.41. The van der Waals surface area contributed by atoms with Crippen molar-refractivity contribution in [3.63, 3.8) is 0 Å². The molecule has 2 aromatic rings. The number of nitrogens with zero attached hydrogens (tertiary/aromatic N) is 1. The second-order valence-corrected chi connectivity index (χ2v) is 8.62. The molecule has 2 fully saturated rings. The molecule has 5 rings (SSSR count). The van der Waals surface area contributed by atoms with E-state index >= 15 is 0 Å². The SMILES string of the molecule is COc1cc2c(cc1OC)[C@@H]1C[C@@H](N)[C@@H](c3cccc(C4CC4)c3)CN1CC2. The number of methoxy groups -OCH3 is 2. The van der Waals surface area contributed by atoms with Gasteiger partial charge in [0.1, 0.15) is 0 Å². The Morgan fingerprint density at radius 1 is 1.00 bits per heavy atom. The van der Waals surface area contributed by atoms with Gasteiger partial charge in [0.2, 0.25) is 0 Å². The average molecular weight is 379 g/mol. The molecule has 1 saturated heterocycles. The molecule has 0 bridgehead atoms. The van der Waals surface area contributed by atoms with Gasteiger partial charge < -0.3 is 15.2 Å². The van der Waals surface area contributed by atoms with Crippen molar-refractivity contribution >= 4 is 0 Å². The third-order valence-electron chi connectivity index (χ3n) is 6.94. The Morgan fingerprint density at radius 3 is 2.50 bits per heavy atom. The van der Waals surface area contributed by atoms with E-state index in [-0.39, 0.29) is 6.04 Å². The molecule has 2 N–H and O–H groups in total. The second-order valence-electron chi connectivity index (χ2n) is 8.62. The zero-order valence-electron chi connectivity index (χ0n) is 16.9. The molecule has 0 radical (unpaired) electrons. The van der Waals surface area contributed by atoms with Gasteiger partial charge in [0.25, 0.3) is 0 Å². The van der Waals surface area contributed by atoms with Gasteiger partial charge in [0, 0.05) is 31.1 Å². The summed E-state index contributed by atoms with van der Waals surface area (Å²) in [5, 5.41) is 0. The number of piperidine rings is 1. The van der Waals surface area contributed by atoms with Gasteiger partial charge in [-0.05, 0) is 66.0 Å². The molecule has 1 saturated carbocycles.